The zero-order valence-corrected chi connectivity index (χ0v) is 9.50. The number of hydrogen-bond donors (Lipinski definition) is 2. The van der Waals surface area contributed by atoms with Gasteiger partial charge in [0.1, 0.15) is 0 Å². The third-order valence-corrected chi connectivity index (χ3v) is 3.26. The van der Waals surface area contributed by atoms with Crippen molar-refractivity contribution in [1.29, 1.82) is 0 Å². The first-order valence-corrected chi connectivity index (χ1v) is 6.08. The molecule has 0 radical (unpaired) electrons. The maximum atomic E-state index is 11.9. The molecule has 2 N–H and O–H groups in total. The molecule has 2 heterocycles. The minimum absolute atomic E-state index is 0.0559. The summed E-state index contributed by atoms with van der Waals surface area (Å²) >= 11 is 0. The van der Waals surface area contributed by atoms with Crippen LogP contribution in [0.25, 0.3) is 0 Å². The summed E-state index contributed by atoms with van der Waals surface area (Å²) in [5, 5.41) is 4.73. The average molecular weight is 225 g/mol. The lowest BCUT2D eigenvalue weighted by Crippen LogP contribution is -2.50. The lowest BCUT2D eigenvalue weighted by Gasteiger charge is -2.29. The van der Waals surface area contributed by atoms with Crippen LogP contribution in [0.2, 0.25) is 0 Å². The molecule has 2 saturated heterocycles. The Morgan fingerprint density at radius 2 is 2.06 bits per heavy atom. The fourth-order valence-corrected chi connectivity index (χ4v) is 2.21. The van der Waals surface area contributed by atoms with Crippen LogP contribution in [-0.4, -0.2) is 36.5 Å². The second kappa shape index (κ2) is 5.30. The largest absolute Gasteiger partial charge is 0.355 e. The molecule has 0 aromatic heterocycles. The average Bonchev–Trinajstić information content (AvgIpc) is 2.31. The molecule has 1 unspecified atom stereocenters. The number of nitrogens with zero attached hydrogens (tertiary/aromatic N) is 1. The van der Waals surface area contributed by atoms with Crippen molar-refractivity contribution in [2.24, 2.45) is 5.92 Å². The van der Waals surface area contributed by atoms with Gasteiger partial charge >= 0.3 is 0 Å². The zero-order chi connectivity index (χ0) is 11.4. The standard InChI is InChI=1S/C11H19N3O2/c15-10-5-4-9(8-12-10)11(16)13-14-6-2-1-3-7-14/h9H,1-8H2,(H,12,15)(H,13,16). The van der Waals surface area contributed by atoms with Crippen LogP contribution in [0, 0.1) is 5.92 Å². The summed E-state index contributed by atoms with van der Waals surface area (Å²) in [7, 11) is 0. The number of amides is 2. The van der Waals surface area contributed by atoms with Crippen molar-refractivity contribution in [1.82, 2.24) is 15.8 Å². The van der Waals surface area contributed by atoms with E-state index >= 15 is 0 Å². The van der Waals surface area contributed by atoms with Gasteiger partial charge < -0.3 is 5.32 Å². The molecule has 2 aliphatic rings. The van der Waals surface area contributed by atoms with Crippen molar-refractivity contribution < 1.29 is 9.59 Å². The highest BCUT2D eigenvalue weighted by molar-refractivity contribution is 5.83. The van der Waals surface area contributed by atoms with Gasteiger partial charge in [-0.1, -0.05) is 6.42 Å². The van der Waals surface area contributed by atoms with E-state index in [1.165, 1.54) is 6.42 Å². The van der Waals surface area contributed by atoms with E-state index in [9.17, 15) is 9.59 Å². The van der Waals surface area contributed by atoms with E-state index in [-0.39, 0.29) is 17.7 Å². The third kappa shape index (κ3) is 2.95. The monoisotopic (exact) mass is 225 g/mol. The molecule has 2 aliphatic heterocycles. The molecule has 5 heteroatoms. The van der Waals surface area contributed by atoms with E-state index in [4.69, 9.17) is 0 Å². The van der Waals surface area contributed by atoms with Gasteiger partial charge in [-0.25, -0.2) is 5.01 Å². The van der Waals surface area contributed by atoms with E-state index in [1.807, 2.05) is 5.01 Å². The van der Waals surface area contributed by atoms with Gasteiger partial charge in [-0.05, 0) is 19.3 Å². The molecule has 16 heavy (non-hydrogen) atoms. The first kappa shape index (κ1) is 11.4. The van der Waals surface area contributed by atoms with Crippen LogP contribution in [0.5, 0.6) is 0 Å². The first-order valence-electron chi connectivity index (χ1n) is 6.08. The van der Waals surface area contributed by atoms with Crippen LogP contribution < -0.4 is 10.7 Å². The zero-order valence-electron chi connectivity index (χ0n) is 9.50. The predicted molar refractivity (Wildman–Crippen MR) is 59.3 cm³/mol. The second-order valence-electron chi connectivity index (χ2n) is 4.56. The highest BCUT2D eigenvalue weighted by Gasteiger charge is 2.25. The van der Waals surface area contributed by atoms with Crippen molar-refractivity contribution in [2.45, 2.75) is 32.1 Å². The van der Waals surface area contributed by atoms with Crippen molar-refractivity contribution in [2.75, 3.05) is 19.6 Å². The Morgan fingerprint density at radius 1 is 1.31 bits per heavy atom. The summed E-state index contributed by atoms with van der Waals surface area (Å²) in [5.74, 6) is 0.0588. The first-order chi connectivity index (χ1) is 7.75. The topological polar surface area (TPSA) is 61.4 Å². The highest BCUT2D eigenvalue weighted by Crippen LogP contribution is 2.12. The fourth-order valence-electron chi connectivity index (χ4n) is 2.21. The van der Waals surface area contributed by atoms with Crippen molar-refractivity contribution in [3.8, 4) is 0 Å². The number of piperidine rings is 2. The van der Waals surface area contributed by atoms with Gasteiger partial charge in [0.25, 0.3) is 0 Å². The quantitative estimate of drug-likeness (QED) is 0.697. The van der Waals surface area contributed by atoms with Gasteiger partial charge in [-0.15, -0.1) is 0 Å². The molecule has 0 saturated carbocycles. The summed E-state index contributed by atoms with van der Waals surface area (Å²) in [6, 6.07) is 0. The summed E-state index contributed by atoms with van der Waals surface area (Å²) in [5.41, 5.74) is 2.95. The molecule has 2 rings (SSSR count). The van der Waals surface area contributed by atoms with Gasteiger partial charge in [-0.2, -0.15) is 0 Å². The Kier molecular flexibility index (Phi) is 3.77. The van der Waals surface area contributed by atoms with Crippen LogP contribution in [-0.2, 0) is 9.59 Å². The molecule has 2 fully saturated rings. The van der Waals surface area contributed by atoms with Crippen molar-refractivity contribution in [3.63, 3.8) is 0 Å². The van der Waals surface area contributed by atoms with Crippen LogP contribution in [0.3, 0.4) is 0 Å². The molecular weight excluding hydrogens is 206 g/mol. The number of rotatable bonds is 2. The van der Waals surface area contributed by atoms with Crippen molar-refractivity contribution >= 4 is 11.8 Å². The van der Waals surface area contributed by atoms with Crippen LogP contribution in [0.15, 0.2) is 0 Å². The summed E-state index contributed by atoms with van der Waals surface area (Å²) in [4.78, 5) is 22.8. The molecular formula is C11H19N3O2. The lowest BCUT2D eigenvalue weighted by atomic mass is 9.99. The van der Waals surface area contributed by atoms with Gasteiger partial charge in [0.05, 0.1) is 5.92 Å². The van der Waals surface area contributed by atoms with Crippen LogP contribution >= 0.6 is 0 Å². The maximum Gasteiger partial charge on any atom is 0.239 e. The van der Waals surface area contributed by atoms with Gasteiger partial charge in [0.2, 0.25) is 11.8 Å². The molecule has 0 spiro atoms. The predicted octanol–water partition coefficient (Wildman–Crippen LogP) is 0.0297. The fraction of sp³-hybridized carbons (Fsp3) is 0.818. The summed E-state index contributed by atoms with van der Waals surface area (Å²) in [6.07, 6.45) is 4.71. The molecule has 90 valence electrons. The Morgan fingerprint density at radius 3 is 2.69 bits per heavy atom. The number of hydrazine groups is 1. The molecule has 0 aromatic carbocycles. The van der Waals surface area contributed by atoms with Gasteiger partial charge in [0, 0.05) is 26.1 Å². The molecule has 0 bridgehead atoms. The Hall–Kier alpha value is -1.10. The van der Waals surface area contributed by atoms with Gasteiger partial charge in [-0.3, -0.25) is 15.0 Å². The Labute approximate surface area is 95.5 Å². The minimum atomic E-state index is -0.0559. The molecule has 2 amide bonds. The summed E-state index contributed by atoms with van der Waals surface area (Å²) in [6.45, 7) is 2.38. The molecule has 1 atom stereocenters. The molecule has 5 nitrogen and oxygen atoms in total. The summed E-state index contributed by atoms with van der Waals surface area (Å²) < 4.78 is 0. The number of carbonyl (C=O) groups excluding carboxylic acids is 2. The molecule has 0 aromatic rings. The normalized spacial score (nSPS) is 27.2. The second-order valence-corrected chi connectivity index (χ2v) is 4.56. The van der Waals surface area contributed by atoms with E-state index in [0.717, 1.165) is 25.9 Å². The Bertz CT molecular complexity index is 264. The van der Waals surface area contributed by atoms with E-state index in [1.54, 1.807) is 0 Å². The number of hydrogen-bond acceptors (Lipinski definition) is 3. The van der Waals surface area contributed by atoms with E-state index < -0.39 is 0 Å². The van der Waals surface area contributed by atoms with Crippen LogP contribution in [0.4, 0.5) is 0 Å². The number of nitrogens with one attached hydrogen (secondary N) is 2. The molecule has 0 aliphatic carbocycles. The van der Waals surface area contributed by atoms with E-state index in [2.05, 4.69) is 10.7 Å². The number of carbonyl (C=O) groups is 2. The SMILES string of the molecule is O=C1CCC(C(=O)NN2CCCCC2)CN1. The van der Waals surface area contributed by atoms with Gasteiger partial charge in [0.15, 0.2) is 0 Å². The Balaban J connectivity index is 1.76. The minimum Gasteiger partial charge on any atom is -0.355 e. The third-order valence-electron chi connectivity index (χ3n) is 3.26. The smallest absolute Gasteiger partial charge is 0.239 e. The van der Waals surface area contributed by atoms with Crippen molar-refractivity contribution in [3.05, 3.63) is 0 Å². The lowest BCUT2D eigenvalue weighted by molar-refractivity contribution is -0.133. The van der Waals surface area contributed by atoms with E-state index in [0.29, 0.717) is 19.4 Å². The van der Waals surface area contributed by atoms with Crippen LogP contribution in [0.1, 0.15) is 32.1 Å². The highest BCUT2D eigenvalue weighted by atomic mass is 16.2. The maximum absolute atomic E-state index is 11.9.